The fraction of sp³-hybridized carbons (Fsp3) is 0.357. The number of hydrogen-bond acceptors (Lipinski definition) is 4. The molecule has 1 saturated heterocycles. The number of aryl methyl sites for hydroxylation is 2. The average Bonchev–Trinajstić information content (AvgIpc) is 2.25. The van der Waals surface area contributed by atoms with Crippen LogP contribution in [-0.4, -0.2) is 28.0 Å². The molecule has 0 spiro atoms. The quantitative estimate of drug-likeness (QED) is 0.882. The molecule has 0 bridgehead atoms. The van der Waals surface area contributed by atoms with E-state index in [1.54, 1.807) is 18.5 Å². The van der Waals surface area contributed by atoms with Crippen LogP contribution < -0.4 is 10.3 Å². The highest BCUT2D eigenvalue weighted by atomic mass is 16.1. The standard InChI is InChI=1S/C14H16N4O/c1-9-4-14(16-8-15-9)18-6-11(7-18)13-5-12(19)3-10(2)17-13/h3-5,8,11H,6-7H2,1-2H3,(H,17,19). The van der Waals surface area contributed by atoms with Crippen molar-refractivity contribution in [1.82, 2.24) is 15.0 Å². The lowest BCUT2D eigenvalue weighted by Gasteiger charge is -2.40. The van der Waals surface area contributed by atoms with Crippen molar-refractivity contribution in [2.24, 2.45) is 0 Å². The molecule has 0 aromatic carbocycles. The van der Waals surface area contributed by atoms with E-state index in [-0.39, 0.29) is 5.43 Å². The van der Waals surface area contributed by atoms with Crippen molar-refractivity contribution in [2.45, 2.75) is 19.8 Å². The molecule has 5 nitrogen and oxygen atoms in total. The first-order valence-corrected chi connectivity index (χ1v) is 6.36. The van der Waals surface area contributed by atoms with E-state index in [0.717, 1.165) is 36.0 Å². The number of aromatic nitrogens is 3. The van der Waals surface area contributed by atoms with Gasteiger partial charge in [-0.15, -0.1) is 0 Å². The van der Waals surface area contributed by atoms with E-state index in [1.807, 2.05) is 19.9 Å². The van der Waals surface area contributed by atoms with Gasteiger partial charge in [0, 0.05) is 54.3 Å². The van der Waals surface area contributed by atoms with E-state index >= 15 is 0 Å². The largest absolute Gasteiger partial charge is 0.362 e. The number of nitrogens with zero attached hydrogens (tertiary/aromatic N) is 3. The van der Waals surface area contributed by atoms with Crippen molar-refractivity contribution >= 4 is 5.82 Å². The minimum Gasteiger partial charge on any atom is -0.362 e. The second-order valence-electron chi connectivity index (χ2n) is 5.07. The molecule has 3 rings (SSSR count). The maximum atomic E-state index is 11.5. The summed E-state index contributed by atoms with van der Waals surface area (Å²) in [4.78, 5) is 25.3. The molecule has 19 heavy (non-hydrogen) atoms. The lowest BCUT2D eigenvalue weighted by molar-refractivity contribution is 0.507. The number of pyridine rings is 1. The molecule has 5 heteroatoms. The molecular formula is C14H16N4O. The van der Waals surface area contributed by atoms with Crippen LogP contribution in [0.4, 0.5) is 5.82 Å². The fourth-order valence-electron chi connectivity index (χ4n) is 2.40. The monoisotopic (exact) mass is 256 g/mol. The summed E-state index contributed by atoms with van der Waals surface area (Å²) in [6.45, 7) is 5.64. The normalized spacial score (nSPS) is 15.4. The summed E-state index contributed by atoms with van der Waals surface area (Å²) in [6, 6.07) is 5.29. The molecule has 2 aromatic rings. The van der Waals surface area contributed by atoms with Crippen LogP contribution in [0.15, 0.2) is 29.3 Å². The first kappa shape index (κ1) is 11.9. The third-order valence-electron chi connectivity index (χ3n) is 3.43. The van der Waals surface area contributed by atoms with E-state index in [4.69, 9.17) is 0 Å². The maximum Gasteiger partial charge on any atom is 0.182 e. The highest BCUT2D eigenvalue weighted by Crippen LogP contribution is 2.28. The summed E-state index contributed by atoms with van der Waals surface area (Å²) in [5, 5.41) is 0. The van der Waals surface area contributed by atoms with Crippen molar-refractivity contribution < 1.29 is 0 Å². The molecule has 3 heterocycles. The summed E-state index contributed by atoms with van der Waals surface area (Å²) in [6.07, 6.45) is 1.59. The lowest BCUT2D eigenvalue weighted by Crippen LogP contribution is -2.46. The van der Waals surface area contributed by atoms with Crippen LogP contribution >= 0.6 is 0 Å². The van der Waals surface area contributed by atoms with Crippen LogP contribution in [0.5, 0.6) is 0 Å². The number of nitrogens with one attached hydrogen (secondary N) is 1. The second-order valence-corrected chi connectivity index (χ2v) is 5.07. The highest BCUT2D eigenvalue weighted by Gasteiger charge is 2.29. The molecule has 0 atom stereocenters. The van der Waals surface area contributed by atoms with E-state index in [9.17, 15) is 4.79 Å². The van der Waals surface area contributed by atoms with Crippen LogP contribution in [0.2, 0.25) is 0 Å². The average molecular weight is 256 g/mol. The minimum atomic E-state index is 0.0718. The van der Waals surface area contributed by atoms with Gasteiger partial charge in [0.1, 0.15) is 12.1 Å². The van der Waals surface area contributed by atoms with Gasteiger partial charge in [-0.05, 0) is 13.8 Å². The van der Waals surface area contributed by atoms with Gasteiger partial charge in [-0.2, -0.15) is 0 Å². The molecule has 0 saturated carbocycles. The Labute approximate surface area is 111 Å². The van der Waals surface area contributed by atoms with E-state index < -0.39 is 0 Å². The third kappa shape index (κ3) is 2.36. The Morgan fingerprint density at radius 3 is 2.68 bits per heavy atom. The summed E-state index contributed by atoms with van der Waals surface area (Å²) in [5.41, 5.74) is 2.98. The molecule has 0 amide bonds. The van der Waals surface area contributed by atoms with Gasteiger partial charge >= 0.3 is 0 Å². The van der Waals surface area contributed by atoms with Gasteiger partial charge in [0.05, 0.1) is 0 Å². The molecule has 98 valence electrons. The smallest absolute Gasteiger partial charge is 0.182 e. The zero-order valence-electron chi connectivity index (χ0n) is 11.1. The molecule has 0 radical (unpaired) electrons. The van der Waals surface area contributed by atoms with Crippen molar-refractivity contribution in [2.75, 3.05) is 18.0 Å². The Balaban J connectivity index is 1.74. The second kappa shape index (κ2) is 4.50. The Morgan fingerprint density at radius 2 is 2.00 bits per heavy atom. The lowest BCUT2D eigenvalue weighted by atomic mass is 9.95. The van der Waals surface area contributed by atoms with Gasteiger partial charge in [0.15, 0.2) is 5.43 Å². The summed E-state index contributed by atoms with van der Waals surface area (Å²) in [7, 11) is 0. The molecule has 1 aliphatic rings. The topological polar surface area (TPSA) is 61.9 Å². The highest BCUT2D eigenvalue weighted by molar-refractivity contribution is 5.44. The van der Waals surface area contributed by atoms with Gasteiger partial charge in [-0.25, -0.2) is 9.97 Å². The Hall–Kier alpha value is -2.17. The summed E-state index contributed by atoms with van der Waals surface area (Å²) in [5.74, 6) is 1.33. The Bertz CT molecular complexity index is 658. The van der Waals surface area contributed by atoms with E-state index in [0.29, 0.717) is 5.92 Å². The molecule has 2 aromatic heterocycles. The first-order valence-electron chi connectivity index (χ1n) is 6.36. The zero-order chi connectivity index (χ0) is 13.4. The van der Waals surface area contributed by atoms with Crippen LogP contribution in [0.1, 0.15) is 23.0 Å². The number of anilines is 1. The van der Waals surface area contributed by atoms with Crippen LogP contribution in [0.3, 0.4) is 0 Å². The van der Waals surface area contributed by atoms with Gasteiger partial charge < -0.3 is 9.88 Å². The third-order valence-corrected chi connectivity index (χ3v) is 3.43. The molecular weight excluding hydrogens is 240 g/mol. The van der Waals surface area contributed by atoms with Crippen molar-refractivity contribution in [3.05, 3.63) is 51.8 Å². The van der Waals surface area contributed by atoms with Crippen molar-refractivity contribution in [1.29, 1.82) is 0 Å². The van der Waals surface area contributed by atoms with Gasteiger partial charge in [0.25, 0.3) is 0 Å². The number of aromatic amines is 1. The minimum absolute atomic E-state index is 0.0718. The van der Waals surface area contributed by atoms with Gasteiger partial charge in [-0.3, -0.25) is 4.79 Å². The summed E-state index contributed by atoms with van der Waals surface area (Å²) < 4.78 is 0. The predicted octanol–water partition coefficient (Wildman–Crippen LogP) is 1.39. The number of rotatable bonds is 2. The first-order chi connectivity index (χ1) is 9.11. The predicted molar refractivity (Wildman–Crippen MR) is 73.5 cm³/mol. The maximum absolute atomic E-state index is 11.5. The van der Waals surface area contributed by atoms with Gasteiger partial charge in [-0.1, -0.05) is 0 Å². The number of hydrogen-bond donors (Lipinski definition) is 1. The molecule has 1 fully saturated rings. The molecule has 0 unspecified atom stereocenters. The zero-order valence-corrected chi connectivity index (χ0v) is 11.1. The number of H-pyrrole nitrogens is 1. The van der Waals surface area contributed by atoms with Gasteiger partial charge in [0.2, 0.25) is 0 Å². The van der Waals surface area contributed by atoms with E-state index in [1.165, 1.54) is 0 Å². The SMILES string of the molecule is Cc1cc(N2CC(c3cc(=O)cc(C)[nH]3)C2)ncn1. The van der Waals surface area contributed by atoms with Crippen LogP contribution in [-0.2, 0) is 0 Å². The Morgan fingerprint density at radius 1 is 1.21 bits per heavy atom. The van der Waals surface area contributed by atoms with Crippen molar-refractivity contribution in [3.8, 4) is 0 Å². The Kier molecular flexibility index (Phi) is 2.81. The fourth-order valence-corrected chi connectivity index (χ4v) is 2.40. The molecule has 1 aliphatic heterocycles. The molecule has 1 N–H and O–H groups in total. The van der Waals surface area contributed by atoms with Crippen LogP contribution in [0.25, 0.3) is 0 Å². The van der Waals surface area contributed by atoms with Crippen LogP contribution in [0, 0.1) is 13.8 Å². The van der Waals surface area contributed by atoms with Crippen molar-refractivity contribution in [3.63, 3.8) is 0 Å². The summed E-state index contributed by atoms with van der Waals surface area (Å²) >= 11 is 0. The molecule has 0 aliphatic carbocycles. The van der Waals surface area contributed by atoms with E-state index in [2.05, 4.69) is 19.9 Å².